The molecule has 0 N–H and O–H groups in total. The second-order valence-electron chi connectivity index (χ2n) is 12.3. The maximum absolute atomic E-state index is 13.9. The van der Waals surface area contributed by atoms with Gasteiger partial charge in [-0.15, -0.1) is 0 Å². The molecule has 10 heteroatoms. The molecule has 0 aromatic heterocycles. The molecule has 0 aliphatic heterocycles. The molecule has 2 saturated carbocycles. The van der Waals surface area contributed by atoms with Gasteiger partial charge in [-0.1, -0.05) is 58.6 Å². The van der Waals surface area contributed by atoms with Crippen LogP contribution in [0.1, 0.15) is 96.1 Å². The van der Waals surface area contributed by atoms with Gasteiger partial charge in [-0.05, 0) is 93.2 Å². The maximum Gasteiger partial charge on any atom is 0.416 e. The number of alkyl halides is 6. The summed E-state index contributed by atoms with van der Waals surface area (Å²) in [5, 5.41) is 0.814. The van der Waals surface area contributed by atoms with Gasteiger partial charge in [-0.25, -0.2) is 4.21 Å². The summed E-state index contributed by atoms with van der Waals surface area (Å²) in [5.74, 6) is 0. The molecule has 2 aliphatic rings. The van der Waals surface area contributed by atoms with Crippen LogP contribution in [-0.4, -0.2) is 27.3 Å². The number of anilines is 1. The zero-order valence-electron chi connectivity index (χ0n) is 24.2. The third-order valence-corrected chi connectivity index (χ3v) is 13.6. The minimum Gasteiger partial charge on any atom is -0.294 e. The van der Waals surface area contributed by atoms with Gasteiger partial charge in [0.1, 0.15) is 11.0 Å². The molecule has 228 valence electrons. The summed E-state index contributed by atoms with van der Waals surface area (Å²) in [7, 11) is -0.723. The number of hydrogen-bond acceptors (Lipinski definition) is 1. The monoisotopic (exact) mass is 619 g/mol. The van der Waals surface area contributed by atoms with Crippen molar-refractivity contribution in [1.29, 1.82) is 0 Å². The van der Waals surface area contributed by atoms with E-state index in [9.17, 15) is 30.6 Å². The molecule has 4 rings (SSSR count). The van der Waals surface area contributed by atoms with Crippen molar-refractivity contribution in [2.45, 2.75) is 113 Å². The van der Waals surface area contributed by atoms with E-state index in [-0.39, 0.29) is 11.6 Å². The SMILES string of the molecule is CN(c1cccc(-c2cc(C(F)(F)F)cc(C(F)(F)F)c2)c1P(C1CCCCC1)C1CCCCC1)[S@](=O)C(C)(C)C. The summed E-state index contributed by atoms with van der Waals surface area (Å²) >= 11 is 0. The van der Waals surface area contributed by atoms with Crippen LogP contribution in [0.15, 0.2) is 36.4 Å². The van der Waals surface area contributed by atoms with Crippen LogP contribution in [0.4, 0.5) is 32.0 Å². The standard InChI is InChI=1S/C31H40F6NOPS/c1-29(2,3)41(39)38(4)27-17-11-16-26(21-18-22(30(32,33)34)20-23(19-21)31(35,36)37)28(27)40(24-12-7-5-8-13-24)25-14-9-6-10-15-25/h11,16-20,24-25H,5-10,12-15H2,1-4H3/t41-/m1/s1. The molecular weight excluding hydrogens is 579 g/mol. The Balaban J connectivity index is 2.03. The quantitative estimate of drug-likeness (QED) is 0.233. The molecule has 2 aliphatic carbocycles. The molecule has 0 heterocycles. The van der Waals surface area contributed by atoms with Crippen molar-refractivity contribution < 1.29 is 30.6 Å². The number of nitrogens with zero attached hydrogens (tertiary/aromatic N) is 1. The molecule has 41 heavy (non-hydrogen) atoms. The topological polar surface area (TPSA) is 20.3 Å². The molecule has 2 aromatic carbocycles. The Labute approximate surface area is 243 Å². The van der Waals surface area contributed by atoms with E-state index in [1.807, 2.05) is 26.8 Å². The largest absolute Gasteiger partial charge is 0.416 e. The second kappa shape index (κ2) is 12.6. The first kappa shape index (κ1) is 32.3. The van der Waals surface area contributed by atoms with Gasteiger partial charge in [0.2, 0.25) is 0 Å². The lowest BCUT2D eigenvalue weighted by Crippen LogP contribution is -2.38. The minimum absolute atomic E-state index is 0.0851. The van der Waals surface area contributed by atoms with Crippen molar-refractivity contribution in [2.24, 2.45) is 0 Å². The van der Waals surface area contributed by atoms with Crippen LogP contribution < -0.4 is 9.61 Å². The van der Waals surface area contributed by atoms with Gasteiger partial charge in [0.05, 0.1) is 21.6 Å². The normalized spacial score (nSPS) is 19.0. The average Bonchev–Trinajstić information content (AvgIpc) is 2.92. The summed E-state index contributed by atoms with van der Waals surface area (Å²) < 4.78 is 98.3. The van der Waals surface area contributed by atoms with Crippen molar-refractivity contribution in [3.05, 3.63) is 47.5 Å². The lowest BCUT2D eigenvalue weighted by molar-refractivity contribution is -0.143. The molecule has 0 saturated heterocycles. The molecule has 0 spiro atoms. The molecule has 2 aromatic rings. The Bertz CT molecular complexity index is 1180. The summed E-state index contributed by atoms with van der Waals surface area (Å²) in [4.78, 5) is 0. The van der Waals surface area contributed by atoms with Gasteiger partial charge in [0.25, 0.3) is 0 Å². The Morgan fingerprint density at radius 2 is 1.22 bits per heavy atom. The van der Waals surface area contributed by atoms with Crippen LogP contribution in [0.25, 0.3) is 11.1 Å². The van der Waals surface area contributed by atoms with Crippen LogP contribution in [0.3, 0.4) is 0 Å². The van der Waals surface area contributed by atoms with Gasteiger partial charge in [0, 0.05) is 12.4 Å². The fraction of sp³-hybridized carbons (Fsp3) is 0.613. The highest BCUT2D eigenvalue weighted by Gasteiger charge is 2.40. The van der Waals surface area contributed by atoms with E-state index in [4.69, 9.17) is 0 Å². The third kappa shape index (κ3) is 7.49. The van der Waals surface area contributed by atoms with Crippen LogP contribution >= 0.6 is 7.92 Å². The molecule has 2 fully saturated rings. The van der Waals surface area contributed by atoms with E-state index in [0.717, 1.165) is 81.6 Å². The number of benzene rings is 2. The Hall–Kier alpha value is -1.60. The third-order valence-electron chi connectivity index (χ3n) is 8.22. The van der Waals surface area contributed by atoms with Crippen LogP contribution in [-0.2, 0) is 23.3 Å². The molecule has 0 unspecified atom stereocenters. The highest BCUT2D eigenvalue weighted by Crippen LogP contribution is 2.58. The predicted molar refractivity (Wildman–Crippen MR) is 158 cm³/mol. The predicted octanol–water partition coefficient (Wildman–Crippen LogP) is 10.1. The first-order valence-electron chi connectivity index (χ1n) is 14.5. The lowest BCUT2D eigenvalue weighted by Gasteiger charge is -2.41. The zero-order chi connectivity index (χ0) is 30.2. The number of halogens is 6. The van der Waals surface area contributed by atoms with Crippen LogP contribution in [0.2, 0.25) is 0 Å². The van der Waals surface area contributed by atoms with E-state index in [1.165, 1.54) is 0 Å². The van der Waals surface area contributed by atoms with Crippen LogP contribution in [0, 0.1) is 0 Å². The molecule has 0 radical (unpaired) electrons. The Morgan fingerprint density at radius 3 is 1.63 bits per heavy atom. The van der Waals surface area contributed by atoms with Gasteiger partial charge in [0.15, 0.2) is 0 Å². The van der Waals surface area contributed by atoms with Gasteiger partial charge >= 0.3 is 12.4 Å². The molecule has 0 bridgehead atoms. The van der Waals surface area contributed by atoms with Crippen LogP contribution in [0.5, 0.6) is 0 Å². The fourth-order valence-electron chi connectivity index (χ4n) is 6.28. The summed E-state index contributed by atoms with van der Waals surface area (Å²) in [6, 6.07) is 7.10. The molecule has 0 amide bonds. The molecular formula is C31H40F6NOPS. The van der Waals surface area contributed by atoms with Gasteiger partial charge in [-0.3, -0.25) is 4.31 Å². The summed E-state index contributed by atoms with van der Waals surface area (Å²) in [6.07, 6.45) is 0.668. The minimum atomic E-state index is -4.93. The Morgan fingerprint density at radius 1 is 0.756 bits per heavy atom. The smallest absolute Gasteiger partial charge is 0.294 e. The van der Waals surface area contributed by atoms with E-state index < -0.39 is 47.1 Å². The van der Waals surface area contributed by atoms with Crippen molar-refractivity contribution in [3.63, 3.8) is 0 Å². The van der Waals surface area contributed by atoms with Crippen molar-refractivity contribution in [2.75, 3.05) is 11.4 Å². The van der Waals surface area contributed by atoms with Crippen molar-refractivity contribution >= 4 is 29.9 Å². The van der Waals surface area contributed by atoms with E-state index in [1.54, 1.807) is 23.5 Å². The highest BCUT2D eigenvalue weighted by atomic mass is 32.2. The average molecular weight is 620 g/mol. The van der Waals surface area contributed by atoms with Crippen molar-refractivity contribution in [3.8, 4) is 11.1 Å². The van der Waals surface area contributed by atoms with E-state index in [2.05, 4.69) is 0 Å². The maximum atomic E-state index is 13.9. The van der Waals surface area contributed by atoms with Gasteiger partial charge < -0.3 is 0 Å². The van der Waals surface area contributed by atoms with E-state index in [0.29, 0.717) is 22.6 Å². The molecule has 1 atom stereocenters. The summed E-state index contributed by atoms with van der Waals surface area (Å²) in [6.45, 7) is 5.57. The first-order chi connectivity index (χ1) is 19.1. The number of rotatable bonds is 6. The zero-order valence-corrected chi connectivity index (χ0v) is 25.9. The lowest BCUT2D eigenvalue weighted by atomic mass is 9.98. The fourth-order valence-corrected chi connectivity index (χ4v) is 11.6. The highest BCUT2D eigenvalue weighted by molar-refractivity contribution is 7.87. The number of hydrogen-bond donors (Lipinski definition) is 0. The van der Waals surface area contributed by atoms with E-state index >= 15 is 0 Å². The Kier molecular flexibility index (Phi) is 9.90. The first-order valence-corrected chi connectivity index (χ1v) is 17.0. The summed E-state index contributed by atoms with van der Waals surface area (Å²) in [5.41, 5.74) is -1.01. The van der Waals surface area contributed by atoms with Crippen molar-refractivity contribution in [1.82, 2.24) is 0 Å². The van der Waals surface area contributed by atoms with Gasteiger partial charge in [-0.2, -0.15) is 26.3 Å². The second-order valence-corrected chi connectivity index (χ2v) is 17.3. The molecule has 2 nitrogen and oxygen atoms in total.